The minimum absolute atomic E-state index is 0.680. The van der Waals surface area contributed by atoms with E-state index in [2.05, 4.69) is 23.2 Å². The Balaban J connectivity index is 1.65. The minimum Gasteiger partial charge on any atom is -0.497 e. The molecule has 3 rings (SSSR count). The largest absolute Gasteiger partial charge is 0.497 e. The number of para-hydroxylation sites is 1. The van der Waals surface area contributed by atoms with Gasteiger partial charge in [0.05, 0.1) is 7.11 Å². The van der Waals surface area contributed by atoms with E-state index in [-0.39, 0.29) is 0 Å². The molecule has 0 aliphatic carbocycles. The molecular formula is C21H24N2O2S. The molecule has 0 fully saturated rings. The maximum absolute atomic E-state index is 5.98. The van der Waals surface area contributed by atoms with E-state index in [1.54, 1.807) is 7.11 Å². The number of thiocarbonyl (C=S) groups is 1. The number of benzene rings is 2. The van der Waals surface area contributed by atoms with Crippen LogP contribution in [0.4, 0.5) is 0 Å². The van der Waals surface area contributed by atoms with Crippen molar-refractivity contribution in [1.82, 2.24) is 10.2 Å². The molecule has 1 aromatic heterocycles. The molecular weight excluding hydrogens is 344 g/mol. The summed E-state index contributed by atoms with van der Waals surface area (Å²) in [6.07, 6.45) is 0.865. The smallest absolute Gasteiger partial charge is 0.169 e. The van der Waals surface area contributed by atoms with Crippen LogP contribution in [0.2, 0.25) is 0 Å². The first-order valence-electron chi connectivity index (χ1n) is 8.73. The van der Waals surface area contributed by atoms with Gasteiger partial charge in [-0.1, -0.05) is 37.3 Å². The van der Waals surface area contributed by atoms with Crippen molar-refractivity contribution in [3.05, 3.63) is 65.4 Å². The number of furan rings is 1. The van der Waals surface area contributed by atoms with Crippen LogP contribution in [0, 0.1) is 0 Å². The van der Waals surface area contributed by atoms with E-state index in [4.69, 9.17) is 21.4 Å². The number of rotatable bonds is 6. The van der Waals surface area contributed by atoms with Gasteiger partial charge in [-0.05, 0) is 36.0 Å². The van der Waals surface area contributed by atoms with Crippen LogP contribution in [0.1, 0.15) is 23.8 Å². The molecule has 0 amide bonds. The highest BCUT2D eigenvalue weighted by Gasteiger charge is 2.15. The number of methoxy groups -OCH3 is 1. The summed E-state index contributed by atoms with van der Waals surface area (Å²) < 4.78 is 11.2. The molecule has 0 saturated carbocycles. The summed E-state index contributed by atoms with van der Waals surface area (Å²) in [6, 6.07) is 16.1. The Morgan fingerprint density at radius 2 is 1.88 bits per heavy atom. The minimum atomic E-state index is 0.680. The number of nitrogens with one attached hydrogen (secondary N) is 1. The lowest BCUT2D eigenvalue weighted by atomic mass is 10.1. The summed E-state index contributed by atoms with van der Waals surface area (Å²) in [6.45, 7) is 3.51. The van der Waals surface area contributed by atoms with Crippen molar-refractivity contribution in [3.8, 4) is 5.75 Å². The Labute approximate surface area is 159 Å². The second-order valence-electron chi connectivity index (χ2n) is 6.22. The Kier molecular flexibility index (Phi) is 5.78. The number of ether oxygens (including phenoxy) is 1. The van der Waals surface area contributed by atoms with Crippen molar-refractivity contribution >= 4 is 28.3 Å². The van der Waals surface area contributed by atoms with Crippen LogP contribution in [0.25, 0.3) is 11.0 Å². The normalized spacial score (nSPS) is 10.7. The molecule has 26 heavy (non-hydrogen) atoms. The lowest BCUT2D eigenvalue weighted by molar-refractivity contribution is 0.414. The van der Waals surface area contributed by atoms with Gasteiger partial charge in [-0.2, -0.15) is 0 Å². The fourth-order valence-electron chi connectivity index (χ4n) is 2.97. The molecule has 1 N–H and O–H groups in total. The number of aryl methyl sites for hydroxylation is 1. The number of hydrogen-bond donors (Lipinski definition) is 1. The standard InChI is InChI=1S/C21H24N2O2S/c1-4-19-18(17-7-5-6-8-20(17)25-19)14-23(2)21(26)22-13-15-9-11-16(24-3)12-10-15/h5-12H,4,13-14H2,1-3H3,(H,22,26). The Morgan fingerprint density at radius 3 is 2.58 bits per heavy atom. The lowest BCUT2D eigenvalue weighted by Crippen LogP contribution is -2.36. The SMILES string of the molecule is CCc1oc2ccccc2c1CN(C)C(=S)NCc1ccc(OC)cc1. The third-order valence-electron chi connectivity index (χ3n) is 4.45. The summed E-state index contributed by atoms with van der Waals surface area (Å²) in [5, 5.41) is 5.20. The van der Waals surface area contributed by atoms with Gasteiger partial charge >= 0.3 is 0 Å². The fraction of sp³-hybridized carbons (Fsp3) is 0.286. The number of hydrogen-bond acceptors (Lipinski definition) is 3. The van der Waals surface area contributed by atoms with Crippen LogP contribution in [0.15, 0.2) is 52.9 Å². The maximum atomic E-state index is 5.98. The molecule has 0 aliphatic heterocycles. The summed E-state index contributed by atoms with van der Waals surface area (Å²) in [7, 11) is 3.67. The second kappa shape index (κ2) is 8.23. The molecule has 4 nitrogen and oxygen atoms in total. The molecule has 0 aliphatic rings. The van der Waals surface area contributed by atoms with E-state index in [9.17, 15) is 0 Å². The molecule has 5 heteroatoms. The first-order valence-corrected chi connectivity index (χ1v) is 9.14. The number of nitrogens with zero attached hydrogens (tertiary/aromatic N) is 1. The Bertz CT molecular complexity index is 887. The summed E-state index contributed by atoms with van der Waals surface area (Å²) in [5.74, 6) is 1.88. The van der Waals surface area contributed by atoms with E-state index in [1.807, 2.05) is 49.5 Å². The summed E-state index contributed by atoms with van der Waals surface area (Å²) >= 11 is 5.56. The monoisotopic (exact) mass is 368 g/mol. The van der Waals surface area contributed by atoms with Gasteiger partial charge in [-0.15, -0.1) is 0 Å². The maximum Gasteiger partial charge on any atom is 0.169 e. The summed E-state index contributed by atoms with van der Waals surface area (Å²) in [5.41, 5.74) is 3.30. The van der Waals surface area contributed by atoms with Crippen molar-refractivity contribution in [3.63, 3.8) is 0 Å². The molecule has 0 unspecified atom stereocenters. The highest BCUT2D eigenvalue weighted by molar-refractivity contribution is 7.80. The van der Waals surface area contributed by atoms with Crippen LogP contribution in [0.5, 0.6) is 5.75 Å². The lowest BCUT2D eigenvalue weighted by Gasteiger charge is -2.21. The van der Waals surface area contributed by atoms with Gasteiger partial charge in [-0.3, -0.25) is 0 Å². The third kappa shape index (κ3) is 3.99. The highest BCUT2D eigenvalue weighted by Crippen LogP contribution is 2.27. The van der Waals surface area contributed by atoms with Crippen LogP contribution in [-0.4, -0.2) is 24.2 Å². The molecule has 2 aromatic carbocycles. The Morgan fingerprint density at radius 1 is 1.15 bits per heavy atom. The third-order valence-corrected chi connectivity index (χ3v) is 4.90. The predicted octanol–water partition coefficient (Wildman–Crippen LogP) is 4.51. The zero-order chi connectivity index (χ0) is 18.5. The zero-order valence-electron chi connectivity index (χ0n) is 15.4. The van der Waals surface area contributed by atoms with E-state index < -0.39 is 0 Å². The van der Waals surface area contributed by atoms with Gasteiger partial charge < -0.3 is 19.4 Å². The fourth-order valence-corrected chi connectivity index (χ4v) is 3.11. The molecule has 3 aromatic rings. The Hall–Kier alpha value is -2.53. The van der Waals surface area contributed by atoms with Crippen LogP contribution in [-0.2, 0) is 19.5 Å². The van der Waals surface area contributed by atoms with Gasteiger partial charge in [0, 0.05) is 37.5 Å². The van der Waals surface area contributed by atoms with Crippen molar-refractivity contribution < 1.29 is 9.15 Å². The van der Waals surface area contributed by atoms with Gasteiger partial charge in [0.1, 0.15) is 17.1 Å². The summed E-state index contributed by atoms with van der Waals surface area (Å²) in [4.78, 5) is 2.05. The van der Waals surface area contributed by atoms with Gasteiger partial charge in [0.2, 0.25) is 0 Å². The molecule has 1 heterocycles. The molecule has 0 bridgehead atoms. The average molecular weight is 369 g/mol. The van der Waals surface area contributed by atoms with Gasteiger partial charge in [0.15, 0.2) is 5.11 Å². The van der Waals surface area contributed by atoms with Crippen molar-refractivity contribution in [2.75, 3.05) is 14.2 Å². The van der Waals surface area contributed by atoms with Crippen LogP contribution < -0.4 is 10.1 Å². The topological polar surface area (TPSA) is 37.6 Å². The quantitative estimate of drug-likeness (QED) is 0.648. The first-order chi connectivity index (χ1) is 12.6. The van der Waals surface area contributed by atoms with E-state index in [1.165, 1.54) is 5.56 Å². The molecule has 0 saturated heterocycles. The van der Waals surface area contributed by atoms with E-state index >= 15 is 0 Å². The number of fused-ring (bicyclic) bond motifs is 1. The molecule has 0 atom stereocenters. The van der Waals surface area contributed by atoms with Crippen molar-refractivity contribution in [2.24, 2.45) is 0 Å². The van der Waals surface area contributed by atoms with Crippen LogP contribution >= 0.6 is 12.2 Å². The molecule has 0 spiro atoms. The zero-order valence-corrected chi connectivity index (χ0v) is 16.2. The molecule has 0 radical (unpaired) electrons. The van der Waals surface area contributed by atoms with Gasteiger partial charge in [0.25, 0.3) is 0 Å². The highest BCUT2D eigenvalue weighted by atomic mass is 32.1. The predicted molar refractivity (Wildman–Crippen MR) is 109 cm³/mol. The van der Waals surface area contributed by atoms with E-state index in [0.717, 1.165) is 34.5 Å². The first kappa shape index (κ1) is 18.3. The second-order valence-corrected chi connectivity index (χ2v) is 6.60. The van der Waals surface area contributed by atoms with Crippen molar-refractivity contribution in [2.45, 2.75) is 26.4 Å². The van der Waals surface area contributed by atoms with E-state index in [0.29, 0.717) is 18.2 Å². The van der Waals surface area contributed by atoms with Crippen LogP contribution in [0.3, 0.4) is 0 Å². The van der Waals surface area contributed by atoms with Gasteiger partial charge in [-0.25, -0.2) is 0 Å². The molecule has 136 valence electrons. The van der Waals surface area contributed by atoms with Crippen molar-refractivity contribution in [1.29, 1.82) is 0 Å². The average Bonchev–Trinajstić information content (AvgIpc) is 3.04.